The molecule has 0 aliphatic heterocycles. The van der Waals surface area contributed by atoms with Gasteiger partial charge < -0.3 is 10.7 Å². The number of amides is 1. The summed E-state index contributed by atoms with van der Waals surface area (Å²) in [4.78, 5) is 38.3. The zero-order chi connectivity index (χ0) is 17.3. The standard InChI is InChI=1S/C19H20N2O3/c1-11-13-7-6-12(8-16(13)21-17(11)10-22)9-18(23)14-4-2-3-5-15(14)19(20)24/h2-5,10,12,21H,6-9H2,1H3,(H2,20,24). The van der Waals surface area contributed by atoms with E-state index >= 15 is 0 Å². The van der Waals surface area contributed by atoms with Crippen molar-refractivity contribution < 1.29 is 14.4 Å². The summed E-state index contributed by atoms with van der Waals surface area (Å²) < 4.78 is 0. The summed E-state index contributed by atoms with van der Waals surface area (Å²) in [7, 11) is 0. The minimum absolute atomic E-state index is 0.0586. The fourth-order valence-electron chi connectivity index (χ4n) is 3.58. The van der Waals surface area contributed by atoms with Crippen molar-refractivity contribution in [2.24, 2.45) is 11.7 Å². The molecular weight excluding hydrogens is 304 g/mol. The Morgan fingerprint density at radius 2 is 2.00 bits per heavy atom. The van der Waals surface area contributed by atoms with E-state index < -0.39 is 5.91 Å². The number of benzene rings is 1. The number of Topliss-reactive ketones (excluding diaryl/α,β-unsaturated/α-hetero) is 1. The molecule has 1 aromatic carbocycles. The van der Waals surface area contributed by atoms with Gasteiger partial charge in [-0.1, -0.05) is 18.2 Å². The molecule has 124 valence electrons. The Balaban J connectivity index is 1.77. The van der Waals surface area contributed by atoms with Gasteiger partial charge in [-0.25, -0.2) is 0 Å². The molecule has 0 bridgehead atoms. The van der Waals surface area contributed by atoms with E-state index in [1.165, 1.54) is 5.56 Å². The van der Waals surface area contributed by atoms with Crippen LogP contribution in [0, 0.1) is 12.8 Å². The predicted octanol–water partition coefficient (Wildman–Crippen LogP) is 2.61. The lowest BCUT2D eigenvalue weighted by Gasteiger charge is -2.22. The van der Waals surface area contributed by atoms with Crippen molar-refractivity contribution in [3.05, 3.63) is 57.9 Å². The van der Waals surface area contributed by atoms with Gasteiger partial charge in [0.05, 0.1) is 5.69 Å². The third kappa shape index (κ3) is 2.89. The molecule has 1 unspecified atom stereocenters. The Bertz CT molecular complexity index is 820. The van der Waals surface area contributed by atoms with Gasteiger partial charge >= 0.3 is 0 Å². The summed E-state index contributed by atoms with van der Waals surface area (Å²) in [5.41, 5.74) is 9.94. The number of hydrogen-bond acceptors (Lipinski definition) is 3. The first-order valence-electron chi connectivity index (χ1n) is 8.08. The van der Waals surface area contributed by atoms with E-state index in [1.54, 1.807) is 24.3 Å². The fourth-order valence-corrected chi connectivity index (χ4v) is 3.58. The zero-order valence-corrected chi connectivity index (χ0v) is 13.6. The lowest BCUT2D eigenvalue weighted by Crippen LogP contribution is -2.20. The highest BCUT2D eigenvalue weighted by Gasteiger charge is 2.26. The maximum atomic E-state index is 12.6. The van der Waals surface area contributed by atoms with E-state index in [-0.39, 0.29) is 17.3 Å². The summed E-state index contributed by atoms with van der Waals surface area (Å²) in [5.74, 6) is -0.444. The number of primary amides is 1. The number of rotatable bonds is 5. The average molecular weight is 324 g/mol. The largest absolute Gasteiger partial charge is 0.366 e. The van der Waals surface area contributed by atoms with E-state index in [1.807, 2.05) is 6.92 Å². The van der Waals surface area contributed by atoms with E-state index in [0.29, 0.717) is 17.7 Å². The highest BCUT2D eigenvalue weighted by Crippen LogP contribution is 2.31. The molecule has 3 N–H and O–H groups in total. The minimum Gasteiger partial charge on any atom is -0.366 e. The molecule has 1 aliphatic rings. The number of nitrogens with one attached hydrogen (secondary N) is 1. The number of aromatic nitrogens is 1. The first kappa shape index (κ1) is 16.2. The van der Waals surface area contributed by atoms with Crippen molar-refractivity contribution in [3.8, 4) is 0 Å². The summed E-state index contributed by atoms with van der Waals surface area (Å²) >= 11 is 0. The van der Waals surface area contributed by atoms with Crippen LogP contribution in [0.5, 0.6) is 0 Å². The van der Waals surface area contributed by atoms with Crippen LogP contribution in [0.25, 0.3) is 0 Å². The van der Waals surface area contributed by atoms with Crippen LogP contribution in [-0.4, -0.2) is 23.0 Å². The van der Waals surface area contributed by atoms with Crippen LogP contribution in [-0.2, 0) is 12.8 Å². The third-order valence-corrected chi connectivity index (χ3v) is 4.89. The predicted molar refractivity (Wildman–Crippen MR) is 90.3 cm³/mol. The molecule has 24 heavy (non-hydrogen) atoms. The Hall–Kier alpha value is -2.69. The van der Waals surface area contributed by atoms with Crippen molar-refractivity contribution in [1.29, 1.82) is 0 Å². The van der Waals surface area contributed by atoms with Crippen molar-refractivity contribution in [2.45, 2.75) is 32.6 Å². The van der Waals surface area contributed by atoms with Crippen LogP contribution in [0.1, 0.15) is 60.9 Å². The number of carbonyl (C=O) groups excluding carboxylic acids is 3. The molecule has 0 radical (unpaired) electrons. The van der Waals surface area contributed by atoms with Crippen molar-refractivity contribution in [3.63, 3.8) is 0 Å². The molecule has 5 heteroatoms. The topological polar surface area (TPSA) is 93.0 Å². The SMILES string of the molecule is Cc1c(C=O)[nH]c2c1CCC(CC(=O)c1ccccc1C(N)=O)C2. The first-order chi connectivity index (χ1) is 11.5. The van der Waals surface area contributed by atoms with Crippen LogP contribution in [0.15, 0.2) is 24.3 Å². The Morgan fingerprint density at radius 1 is 1.29 bits per heavy atom. The zero-order valence-electron chi connectivity index (χ0n) is 13.6. The molecule has 1 aliphatic carbocycles. The molecule has 3 rings (SSSR count). The van der Waals surface area contributed by atoms with Gasteiger partial charge in [0.2, 0.25) is 5.91 Å². The second-order valence-corrected chi connectivity index (χ2v) is 6.38. The van der Waals surface area contributed by atoms with E-state index in [9.17, 15) is 14.4 Å². The summed E-state index contributed by atoms with van der Waals surface area (Å²) in [6.45, 7) is 1.95. The van der Waals surface area contributed by atoms with Crippen molar-refractivity contribution >= 4 is 18.0 Å². The third-order valence-electron chi connectivity index (χ3n) is 4.89. The second-order valence-electron chi connectivity index (χ2n) is 6.38. The molecule has 0 spiro atoms. The van der Waals surface area contributed by atoms with Gasteiger partial charge in [0.25, 0.3) is 0 Å². The molecule has 1 amide bonds. The summed E-state index contributed by atoms with van der Waals surface area (Å²) in [5, 5.41) is 0. The Labute approximate surface area is 140 Å². The molecular formula is C19H20N2O3. The number of H-pyrrole nitrogens is 1. The Kier molecular flexibility index (Phi) is 4.34. The number of hydrogen-bond donors (Lipinski definition) is 2. The smallest absolute Gasteiger partial charge is 0.249 e. The van der Waals surface area contributed by atoms with Gasteiger partial charge in [-0.3, -0.25) is 14.4 Å². The highest BCUT2D eigenvalue weighted by atomic mass is 16.1. The number of nitrogens with two attached hydrogens (primary N) is 1. The summed E-state index contributed by atoms with van der Waals surface area (Å²) in [6.07, 6.45) is 3.72. The minimum atomic E-state index is -0.583. The molecule has 0 saturated carbocycles. The van der Waals surface area contributed by atoms with Gasteiger partial charge in [-0.05, 0) is 49.3 Å². The van der Waals surface area contributed by atoms with Gasteiger partial charge in [0.1, 0.15) is 0 Å². The lowest BCUT2D eigenvalue weighted by molar-refractivity contribution is 0.0938. The number of aromatic amines is 1. The van der Waals surface area contributed by atoms with E-state index in [2.05, 4.69) is 4.98 Å². The first-order valence-corrected chi connectivity index (χ1v) is 8.08. The maximum Gasteiger partial charge on any atom is 0.249 e. The van der Waals surface area contributed by atoms with Crippen molar-refractivity contribution in [2.75, 3.05) is 0 Å². The molecule has 2 aromatic rings. The fraction of sp³-hybridized carbons (Fsp3) is 0.316. The Morgan fingerprint density at radius 3 is 2.67 bits per heavy atom. The lowest BCUT2D eigenvalue weighted by atomic mass is 9.82. The molecule has 0 fully saturated rings. The van der Waals surface area contributed by atoms with Crippen LogP contribution in [0.2, 0.25) is 0 Å². The van der Waals surface area contributed by atoms with Gasteiger partial charge in [-0.2, -0.15) is 0 Å². The van der Waals surface area contributed by atoms with Crippen LogP contribution in [0.3, 0.4) is 0 Å². The van der Waals surface area contributed by atoms with Gasteiger partial charge in [-0.15, -0.1) is 0 Å². The monoisotopic (exact) mass is 324 g/mol. The molecule has 0 saturated heterocycles. The molecule has 5 nitrogen and oxygen atoms in total. The number of aldehydes is 1. The van der Waals surface area contributed by atoms with Gasteiger partial charge in [0.15, 0.2) is 12.1 Å². The number of ketones is 1. The van der Waals surface area contributed by atoms with Crippen LogP contribution in [0.4, 0.5) is 0 Å². The van der Waals surface area contributed by atoms with Gasteiger partial charge in [0, 0.05) is 23.2 Å². The molecule has 1 aromatic heterocycles. The van der Waals surface area contributed by atoms with E-state index in [0.717, 1.165) is 36.8 Å². The van der Waals surface area contributed by atoms with Crippen LogP contribution < -0.4 is 5.73 Å². The van der Waals surface area contributed by atoms with Crippen molar-refractivity contribution in [1.82, 2.24) is 4.98 Å². The maximum absolute atomic E-state index is 12.6. The number of fused-ring (bicyclic) bond motifs is 1. The average Bonchev–Trinajstić information content (AvgIpc) is 2.90. The summed E-state index contributed by atoms with van der Waals surface area (Å²) in [6, 6.07) is 6.68. The highest BCUT2D eigenvalue weighted by molar-refractivity contribution is 6.07. The van der Waals surface area contributed by atoms with E-state index in [4.69, 9.17) is 5.73 Å². The second kappa shape index (κ2) is 6.43. The normalized spacial score (nSPS) is 16.5. The van der Waals surface area contributed by atoms with Crippen LogP contribution >= 0.6 is 0 Å². The molecule has 1 atom stereocenters. The quantitative estimate of drug-likeness (QED) is 0.654. The molecule has 1 heterocycles. The number of carbonyl (C=O) groups is 3.